The minimum atomic E-state index is 0.236. The highest BCUT2D eigenvalue weighted by Gasteiger charge is 2.07. The topological polar surface area (TPSA) is 63.7 Å². The zero-order valence-corrected chi connectivity index (χ0v) is 6.03. The molecule has 5 nitrogen and oxygen atoms in total. The molecule has 1 atom stereocenters. The van der Waals surface area contributed by atoms with Crippen LogP contribution in [0.4, 0.5) is 0 Å². The molecule has 0 amide bonds. The maximum atomic E-state index is 4.91. The van der Waals surface area contributed by atoms with E-state index >= 15 is 0 Å². The Bertz CT molecular complexity index is 174. The van der Waals surface area contributed by atoms with Crippen LogP contribution in [-0.4, -0.2) is 34.3 Å². The van der Waals surface area contributed by atoms with Gasteiger partial charge in [0.25, 0.3) is 0 Å². The van der Waals surface area contributed by atoms with Crippen LogP contribution in [0.1, 0.15) is 18.7 Å². The van der Waals surface area contributed by atoms with Gasteiger partial charge < -0.3 is 4.74 Å². The fraction of sp³-hybridized carbons (Fsp3) is 0.800. The number of aromatic nitrogens is 4. The summed E-state index contributed by atoms with van der Waals surface area (Å²) in [5.74, 6) is 1.00. The zero-order valence-electron chi connectivity index (χ0n) is 6.03. The lowest BCUT2D eigenvalue weighted by Gasteiger charge is -2.03. The van der Waals surface area contributed by atoms with E-state index < -0.39 is 0 Å². The number of hydrogen-bond acceptors (Lipinski definition) is 4. The zero-order chi connectivity index (χ0) is 7.40. The predicted molar refractivity (Wildman–Crippen MR) is 34.5 cm³/mol. The van der Waals surface area contributed by atoms with Crippen molar-refractivity contribution in [1.82, 2.24) is 20.6 Å². The number of hydrogen-bond donors (Lipinski definition) is 1. The molecule has 0 radical (unpaired) electrons. The second-order valence-corrected chi connectivity index (χ2v) is 2.14. The van der Waals surface area contributed by atoms with Gasteiger partial charge in [-0.25, -0.2) is 5.10 Å². The normalized spacial score (nSPS) is 13.4. The second kappa shape index (κ2) is 3.26. The van der Waals surface area contributed by atoms with Gasteiger partial charge in [0.2, 0.25) is 0 Å². The summed E-state index contributed by atoms with van der Waals surface area (Å²) in [6, 6.07) is 0. The molecule has 1 rings (SSSR count). The molecule has 5 heteroatoms. The van der Waals surface area contributed by atoms with Gasteiger partial charge in [0, 0.05) is 13.0 Å². The van der Waals surface area contributed by atoms with Crippen LogP contribution in [0.2, 0.25) is 0 Å². The van der Waals surface area contributed by atoms with Gasteiger partial charge in [-0.2, -0.15) is 0 Å². The third-order valence-corrected chi connectivity index (χ3v) is 1.25. The number of nitrogens with one attached hydrogen (secondary N) is 1. The molecule has 0 aliphatic rings. The van der Waals surface area contributed by atoms with Crippen LogP contribution in [0.3, 0.4) is 0 Å². The van der Waals surface area contributed by atoms with Gasteiger partial charge in [-0.15, -0.1) is 5.10 Å². The molecule has 0 saturated heterocycles. The van der Waals surface area contributed by atoms with Gasteiger partial charge >= 0.3 is 0 Å². The molecule has 1 unspecified atom stereocenters. The Labute approximate surface area is 58.8 Å². The highest BCUT2D eigenvalue weighted by Crippen LogP contribution is 2.06. The average Bonchev–Trinajstić information content (AvgIpc) is 2.38. The minimum Gasteiger partial charge on any atom is -0.384 e. The number of nitrogens with zero attached hydrogens (tertiary/aromatic N) is 3. The predicted octanol–water partition coefficient (Wildman–Crippen LogP) is -0.0504. The van der Waals surface area contributed by atoms with Crippen molar-refractivity contribution in [2.45, 2.75) is 12.8 Å². The number of H-pyrrole nitrogens is 1. The quantitative estimate of drug-likeness (QED) is 0.642. The van der Waals surface area contributed by atoms with E-state index in [1.54, 1.807) is 7.11 Å². The van der Waals surface area contributed by atoms with E-state index in [1.165, 1.54) is 0 Å². The number of aromatic amines is 1. The van der Waals surface area contributed by atoms with Crippen molar-refractivity contribution >= 4 is 0 Å². The summed E-state index contributed by atoms with van der Waals surface area (Å²) in [6.45, 7) is 2.63. The standard InChI is InChI=1S/C5H10N4O/c1-4(3-10-2)5-6-8-9-7-5/h4H,3H2,1-2H3,(H,6,7,8,9). The van der Waals surface area contributed by atoms with Crippen LogP contribution >= 0.6 is 0 Å². The molecule has 56 valence electrons. The van der Waals surface area contributed by atoms with Gasteiger partial charge in [-0.3, -0.25) is 0 Å². The summed E-state index contributed by atoms with van der Waals surface area (Å²) < 4.78 is 4.91. The Morgan fingerprint density at radius 1 is 1.70 bits per heavy atom. The molecule has 1 aromatic rings. The fourth-order valence-corrected chi connectivity index (χ4v) is 0.704. The van der Waals surface area contributed by atoms with Gasteiger partial charge in [-0.05, 0) is 10.4 Å². The number of ether oxygens (including phenoxy) is 1. The van der Waals surface area contributed by atoms with E-state index in [1.807, 2.05) is 6.92 Å². The van der Waals surface area contributed by atoms with Crippen molar-refractivity contribution in [3.8, 4) is 0 Å². The average molecular weight is 142 g/mol. The lowest BCUT2D eigenvalue weighted by Crippen LogP contribution is -2.03. The van der Waals surface area contributed by atoms with Crippen LogP contribution in [0, 0.1) is 0 Å². The SMILES string of the molecule is COCC(C)c1nnn[nH]1. The summed E-state index contributed by atoms with van der Waals surface area (Å²) in [5.41, 5.74) is 0. The van der Waals surface area contributed by atoms with Crippen LogP contribution in [-0.2, 0) is 4.74 Å². The largest absolute Gasteiger partial charge is 0.384 e. The summed E-state index contributed by atoms with van der Waals surface area (Å²) in [5, 5.41) is 13.3. The lowest BCUT2D eigenvalue weighted by molar-refractivity contribution is 0.181. The smallest absolute Gasteiger partial charge is 0.153 e. The molecule has 0 aliphatic carbocycles. The Hall–Kier alpha value is -0.970. The van der Waals surface area contributed by atoms with E-state index in [0.29, 0.717) is 6.61 Å². The molecule has 10 heavy (non-hydrogen) atoms. The van der Waals surface area contributed by atoms with E-state index in [4.69, 9.17) is 4.74 Å². The highest BCUT2D eigenvalue weighted by atomic mass is 16.5. The highest BCUT2D eigenvalue weighted by molar-refractivity contribution is 4.86. The van der Waals surface area contributed by atoms with Crippen molar-refractivity contribution in [2.75, 3.05) is 13.7 Å². The number of rotatable bonds is 3. The molecule has 0 spiro atoms. The van der Waals surface area contributed by atoms with Crippen LogP contribution in [0.5, 0.6) is 0 Å². The maximum absolute atomic E-state index is 4.91. The van der Waals surface area contributed by atoms with Crippen molar-refractivity contribution in [1.29, 1.82) is 0 Å². The van der Waals surface area contributed by atoms with Crippen molar-refractivity contribution < 1.29 is 4.74 Å². The summed E-state index contributed by atoms with van der Waals surface area (Å²) in [7, 11) is 1.65. The lowest BCUT2D eigenvalue weighted by atomic mass is 10.2. The molecular formula is C5H10N4O. The first-order chi connectivity index (χ1) is 4.84. The molecular weight excluding hydrogens is 132 g/mol. The molecule has 0 bridgehead atoms. The number of tetrazole rings is 1. The Kier molecular flexibility index (Phi) is 2.33. The van der Waals surface area contributed by atoms with E-state index in [2.05, 4.69) is 20.6 Å². The Morgan fingerprint density at radius 2 is 2.50 bits per heavy atom. The maximum Gasteiger partial charge on any atom is 0.153 e. The van der Waals surface area contributed by atoms with E-state index in [9.17, 15) is 0 Å². The molecule has 0 fully saturated rings. The molecule has 1 heterocycles. The van der Waals surface area contributed by atoms with Crippen LogP contribution in [0.15, 0.2) is 0 Å². The van der Waals surface area contributed by atoms with E-state index in [0.717, 1.165) is 5.82 Å². The monoisotopic (exact) mass is 142 g/mol. The van der Waals surface area contributed by atoms with Gasteiger partial charge in [0.05, 0.1) is 6.61 Å². The van der Waals surface area contributed by atoms with Crippen molar-refractivity contribution in [3.63, 3.8) is 0 Å². The fourth-order valence-electron chi connectivity index (χ4n) is 0.704. The summed E-state index contributed by atoms with van der Waals surface area (Å²) in [6.07, 6.45) is 0. The molecule has 0 aliphatic heterocycles. The number of methoxy groups -OCH3 is 1. The molecule has 0 aromatic carbocycles. The van der Waals surface area contributed by atoms with Crippen molar-refractivity contribution in [3.05, 3.63) is 5.82 Å². The molecule has 0 saturated carbocycles. The first kappa shape index (κ1) is 7.14. The first-order valence-electron chi connectivity index (χ1n) is 3.07. The van der Waals surface area contributed by atoms with Crippen molar-refractivity contribution in [2.24, 2.45) is 0 Å². The molecule has 1 aromatic heterocycles. The Balaban J connectivity index is 2.50. The van der Waals surface area contributed by atoms with Crippen LogP contribution < -0.4 is 0 Å². The third-order valence-electron chi connectivity index (χ3n) is 1.25. The second-order valence-electron chi connectivity index (χ2n) is 2.14. The first-order valence-corrected chi connectivity index (χ1v) is 3.07. The Morgan fingerprint density at radius 3 is 3.00 bits per heavy atom. The molecule has 1 N–H and O–H groups in total. The summed E-state index contributed by atoms with van der Waals surface area (Å²) in [4.78, 5) is 0. The summed E-state index contributed by atoms with van der Waals surface area (Å²) >= 11 is 0. The van der Waals surface area contributed by atoms with Gasteiger partial charge in [0.15, 0.2) is 5.82 Å². The van der Waals surface area contributed by atoms with Gasteiger partial charge in [0.1, 0.15) is 0 Å². The van der Waals surface area contributed by atoms with E-state index in [-0.39, 0.29) is 5.92 Å². The van der Waals surface area contributed by atoms with Crippen LogP contribution in [0.25, 0.3) is 0 Å². The van der Waals surface area contributed by atoms with Gasteiger partial charge in [-0.1, -0.05) is 6.92 Å². The third kappa shape index (κ3) is 1.51. The minimum absolute atomic E-state index is 0.236.